The number of nitrogens with zero attached hydrogens (tertiary/aromatic N) is 2. The van der Waals surface area contributed by atoms with E-state index in [4.69, 9.17) is 0 Å². The molecule has 3 nitrogen and oxygen atoms in total. The normalized spacial score (nSPS) is 11.4. The molecule has 0 N–H and O–H groups in total. The molecule has 0 amide bonds. The second-order valence-electron chi connectivity index (χ2n) is 4.31. The van der Waals surface area contributed by atoms with E-state index < -0.39 is 5.41 Å². The summed E-state index contributed by atoms with van der Waals surface area (Å²) in [4.78, 5) is 11.1. The number of hydrogen-bond donors (Lipinski definition) is 0. The van der Waals surface area contributed by atoms with Crippen LogP contribution in [0.5, 0.6) is 0 Å². The van der Waals surface area contributed by atoms with Crippen LogP contribution in [0.2, 0.25) is 0 Å². The van der Waals surface area contributed by atoms with Crippen LogP contribution in [-0.4, -0.2) is 16.1 Å². The van der Waals surface area contributed by atoms with Gasteiger partial charge in [0.05, 0.1) is 5.69 Å². The van der Waals surface area contributed by atoms with E-state index in [0.717, 1.165) is 17.5 Å². The molecule has 0 saturated heterocycles. The fraction of sp³-hybridized carbons (Fsp3) is 0.231. The zero-order valence-corrected chi connectivity index (χ0v) is 9.42. The fourth-order valence-corrected chi connectivity index (χ4v) is 1.69. The van der Waals surface area contributed by atoms with Crippen molar-refractivity contribution in [3.05, 3.63) is 48.3 Å². The molecule has 1 aromatic heterocycles. The number of para-hydroxylation sites is 1. The van der Waals surface area contributed by atoms with E-state index >= 15 is 0 Å². The Morgan fingerprint density at radius 1 is 1.25 bits per heavy atom. The average Bonchev–Trinajstić information content (AvgIpc) is 2.82. The maximum Gasteiger partial charge on any atom is 0.130 e. The molecule has 82 valence electrons. The van der Waals surface area contributed by atoms with Crippen LogP contribution in [0, 0.1) is 0 Å². The largest absolute Gasteiger partial charge is 0.302 e. The highest BCUT2D eigenvalue weighted by Gasteiger charge is 2.23. The van der Waals surface area contributed by atoms with E-state index in [0.29, 0.717) is 0 Å². The van der Waals surface area contributed by atoms with Gasteiger partial charge in [0.15, 0.2) is 0 Å². The number of aromatic nitrogens is 2. The van der Waals surface area contributed by atoms with E-state index in [2.05, 4.69) is 5.10 Å². The van der Waals surface area contributed by atoms with E-state index in [1.54, 1.807) is 10.9 Å². The lowest BCUT2D eigenvalue weighted by molar-refractivity contribution is -0.111. The third-order valence-electron chi connectivity index (χ3n) is 2.64. The van der Waals surface area contributed by atoms with Crippen LogP contribution in [0.1, 0.15) is 19.4 Å². The monoisotopic (exact) mass is 214 g/mol. The minimum Gasteiger partial charge on any atom is -0.302 e. The summed E-state index contributed by atoms with van der Waals surface area (Å²) >= 11 is 0. The van der Waals surface area contributed by atoms with Gasteiger partial charge in [-0.3, -0.25) is 0 Å². The van der Waals surface area contributed by atoms with Gasteiger partial charge in [-0.15, -0.1) is 0 Å². The molecule has 0 bridgehead atoms. The van der Waals surface area contributed by atoms with E-state index in [9.17, 15) is 4.79 Å². The highest BCUT2D eigenvalue weighted by atomic mass is 16.1. The Balaban J connectivity index is 2.59. The van der Waals surface area contributed by atoms with Crippen molar-refractivity contribution in [3.8, 4) is 5.69 Å². The van der Waals surface area contributed by atoms with Gasteiger partial charge in [0.1, 0.15) is 6.29 Å². The molecule has 0 atom stereocenters. The van der Waals surface area contributed by atoms with Crippen LogP contribution < -0.4 is 0 Å². The first-order valence-electron chi connectivity index (χ1n) is 5.21. The first-order valence-corrected chi connectivity index (χ1v) is 5.21. The molecule has 1 heterocycles. The lowest BCUT2D eigenvalue weighted by Gasteiger charge is -2.21. The van der Waals surface area contributed by atoms with Crippen molar-refractivity contribution in [1.29, 1.82) is 0 Å². The van der Waals surface area contributed by atoms with Crippen molar-refractivity contribution in [1.82, 2.24) is 9.78 Å². The molecular formula is C13H14N2O. The van der Waals surface area contributed by atoms with Crippen molar-refractivity contribution in [2.75, 3.05) is 0 Å². The SMILES string of the molecule is CC(C)(C=O)c1ccccc1-n1cccn1. The zero-order chi connectivity index (χ0) is 11.6. The lowest BCUT2D eigenvalue weighted by atomic mass is 9.85. The molecule has 0 fully saturated rings. The molecule has 0 aliphatic rings. The topological polar surface area (TPSA) is 34.9 Å². The van der Waals surface area contributed by atoms with Gasteiger partial charge >= 0.3 is 0 Å². The van der Waals surface area contributed by atoms with E-state index in [-0.39, 0.29) is 0 Å². The van der Waals surface area contributed by atoms with Gasteiger partial charge in [-0.05, 0) is 31.5 Å². The maximum atomic E-state index is 11.1. The van der Waals surface area contributed by atoms with Crippen LogP contribution in [-0.2, 0) is 10.2 Å². The van der Waals surface area contributed by atoms with E-state index in [1.807, 2.05) is 50.4 Å². The van der Waals surface area contributed by atoms with Gasteiger partial charge in [-0.2, -0.15) is 5.10 Å². The number of carbonyl (C=O) groups excluding carboxylic acids is 1. The molecule has 1 aromatic carbocycles. The Morgan fingerprint density at radius 3 is 2.62 bits per heavy atom. The number of hydrogen-bond acceptors (Lipinski definition) is 2. The number of aldehydes is 1. The Hall–Kier alpha value is -1.90. The van der Waals surface area contributed by atoms with Crippen LogP contribution in [0.4, 0.5) is 0 Å². The third-order valence-corrected chi connectivity index (χ3v) is 2.64. The van der Waals surface area contributed by atoms with Gasteiger partial charge < -0.3 is 4.79 Å². The highest BCUT2D eigenvalue weighted by molar-refractivity contribution is 5.70. The number of carbonyl (C=O) groups is 1. The molecule has 2 rings (SSSR count). The first-order chi connectivity index (χ1) is 7.65. The lowest BCUT2D eigenvalue weighted by Crippen LogP contribution is -2.21. The van der Waals surface area contributed by atoms with Crippen LogP contribution in [0.3, 0.4) is 0 Å². The summed E-state index contributed by atoms with van der Waals surface area (Å²) in [5.41, 5.74) is 1.43. The first kappa shape index (κ1) is 10.6. The Bertz CT molecular complexity index is 486. The standard InChI is InChI=1S/C13H14N2O/c1-13(2,10-16)11-6-3-4-7-12(11)15-9-5-8-14-15/h3-10H,1-2H3. The maximum absolute atomic E-state index is 11.1. The minimum atomic E-state index is -0.497. The van der Waals surface area contributed by atoms with Gasteiger partial charge in [0.25, 0.3) is 0 Å². The summed E-state index contributed by atoms with van der Waals surface area (Å²) in [6.45, 7) is 3.81. The van der Waals surface area contributed by atoms with E-state index in [1.165, 1.54) is 0 Å². The van der Waals surface area contributed by atoms with Crippen LogP contribution in [0.25, 0.3) is 5.69 Å². The molecule has 0 saturated carbocycles. The smallest absolute Gasteiger partial charge is 0.130 e. The Kier molecular flexibility index (Phi) is 2.60. The molecule has 0 aliphatic carbocycles. The molecule has 0 unspecified atom stereocenters. The number of benzene rings is 1. The van der Waals surface area contributed by atoms with Crippen molar-refractivity contribution >= 4 is 6.29 Å². The highest BCUT2D eigenvalue weighted by Crippen LogP contribution is 2.26. The van der Waals surface area contributed by atoms with Crippen LogP contribution in [0.15, 0.2) is 42.7 Å². The summed E-state index contributed by atoms with van der Waals surface area (Å²) in [6.07, 6.45) is 4.57. The van der Waals surface area contributed by atoms with Crippen molar-refractivity contribution < 1.29 is 4.79 Å². The Labute approximate surface area is 94.7 Å². The molecule has 3 heteroatoms. The molecular weight excluding hydrogens is 200 g/mol. The molecule has 0 radical (unpaired) electrons. The van der Waals surface area contributed by atoms with Crippen molar-refractivity contribution in [3.63, 3.8) is 0 Å². The molecule has 0 spiro atoms. The van der Waals surface area contributed by atoms with Gasteiger partial charge in [0, 0.05) is 17.8 Å². The van der Waals surface area contributed by atoms with Gasteiger partial charge in [0.2, 0.25) is 0 Å². The molecule has 2 aromatic rings. The fourth-order valence-electron chi connectivity index (χ4n) is 1.69. The second kappa shape index (κ2) is 3.93. The van der Waals surface area contributed by atoms with Crippen molar-refractivity contribution in [2.24, 2.45) is 0 Å². The van der Waals surface area contributed by atoms with Gasteiger partial charge in [-0.1, -0.05) is 18.2 Å². The summed E-state index contributed by atoms with van der Waals surface area (Å²) in [6, 6.07) is 9.68. The predicted molar refractivity (Wildman–Crippen MR) is 62.7 cm³/mol. The van der Waals surface area contributed by atoms with Crippen molar-refractivity contribution in [2.45, 2.75) is 19.3 Å². The van der Waals surface area contributed by atoms with Gasteiger partial charge in [-0.25, -0.2) is 4.68 Å². The van der Waals surface area contributed by atoms with Crippen LogP contribution >= 0.6 is 0 Å². The molecule has 0 aliphatic heterocycles. The summed E-state index contributed by atoms with van der Waals surface area (Å²) in [5, 5.41) is 4.20. The predicted octanol–water partition coefficient (Wildman–Crippen LogP) is 2.35. The molecule has 16 heavy (non-hydrogen) atoms. The Morgan fingerprint density at radius 2 is 2.00 bits per heavy atom. The quantitative estimate of drug-likeness (QED) is 0.735. The summed E-state index contributed by atoms with van der Waals surface area (Å²) in [5.74, 6) is 0. The summed E-state index contributed by atoms with van der Waals surface area (Å²) < 4.78 is 1.78. The second-order valence-corrected chi connectivity index (χ2v) is 4.31. The third kappa shape index (κ3) is 1.76. The minimum absolute atomic E-state index is 0.497. The zero-order valence-electron chi connectivity index (χ0n) is 9.42. The summed E-state index contributed by atoms with van der Waals surface area (Å²) in [7, 11) is 0. The average molecular weight is 214 g/mol. The number of rotatable bonds is 3.